The molecule has 98 valence electrons. The molecule has 4 unspecified atom stereocenters. The summed E-state index contributed by atoms with van der Waals surface area (Å²) in [6, 6.07) is 0.784. The third-order valence-electron chi connectivity index (χ3n) is 5.93. The van der Waals surface area contributed by atoms with Crippen LogP contribution in [0.5, 0.6) is 0 Å². The standard InChI is InChI=1S/C16H29N/c1-12(16-11-14-6-7-15(16)10-14)17-9-8-13-4-2-3-5-13/h12-17H,2-11H2,1H3. The lowest BCUT2D eigenvalue weighted by Crippen LogP contribution is -2.37. The van der Waals surface area contributed by atoms with Gasteiger partial charge in [-0.05, 0) is 62.8 Å². The molecule has 4 atom stereocenters. The molecule has 3 aliphatic carbocycles. The number of hydrogen-bond acceptors (Lipinski definition) is 1. The molecule has 0 aromatic rings. The Morgan fingerprint density at radius 2 is 1.88 bits per heavy atom. The van der Waals surface area contributed by atoms with E-state index in [2.05, 4.69) is 12.2 Å². The minimum Gasteiger partial charge on any atom is -0.314 e. The molecule has 1 heteroatoms. The fraction of sp³-hybridized carbons (Fsp3) is 1.00. The maximum absolute atomic E-state index is 3.84. The van der Waals surface area contributed by atoms with E-state index < -0.39 is 0 Å². The van der Waals surface area contributed by atoms with Gasteiger partial charge in [-0.2, -0.15) is 0 Å². The summed E-state index contributed by atoms with van der Waals surface area (Å²) in [6.07, 6.45) is 13.6. The fourth-order valence-corrected chi connectivity index (χ4v) is 4.87. The molecule has 0 heterocycles. The molecular weight excluding hydrogens is 206 g/mol. The molecule has 1 N–H and O–H groups in total. The maximum atomic E-state index is 3.84. The Labute approximate surface area is 107 Å². The van der Waals surface area contributed by atoms with Crippen molar-refractivity contribution in [2.24, 2.45) is 23.7 Å². The summed E-state index contributed by atoms with van der Waals surface area (Å²) in [4.78, 5) is 0. The molecule has 0 aromatic carbocycles. The Hall–Kier alpha value is -0.0400. The molecule has 3 aliphatic rings. The number of hydrogen-bond donors (Lipinski definition) is 1. The molecule has 17 heavy (non-hydrogen) atoms. The van der Waals surface area contributed by atoms with Crippen molar-refractivity contribution in [2.75, 3.05) is 6.54 Å². The van der Waals surface area contributed by atoms with E-state index in [1.54, 1.807) is 6.42 Å². The first kappa shape index (κ1) is 12.0. The van der Waals surface area contributed by atoms with Crippen LogP contribution < -0.4 is 5.32 Å². The lowest BCUT2D eigenvalue weighted by atomic mass is 9.84. The Morgan fingerprint density at radius 1 is 1.06 bits per heavy atom. The smallest absolute Gasteiger partial charge is 0.00697 e. The predicted octanol–water partition coefficient (Wildman–Crippen LogP) is 3.98. The van der Waals surface area contributed by atoms with E-state index >= 15 is 0 Å². The zero-order valence-electron chi connectivity index (χ0n) is 11.5. The zero-order chi connectivity index (χ0) is 11.7. The topological polar surface area (TPSA) is 12.0 Å². The summed E-state index contributed by atoms with van der Waals surface area (Å²) in [7, 11) is 0. The Balaban J connectivity index is 1.37. The van der Waals surface area contributed by atoms with Crippen molar-refractivity contribution in [3.8, 4) is 0 Å². The van der Waals surface area contributed by atoms with Gasteiger partial charge in [0.25, 0.3) is 0 Å². The molecule has 0 radical (unpaired) electrons. The second-order valence-corrected chi connectivity index (χ2v) is 7.02. The van der Waals surface area contributed by atoms with Crippen molar-refractivity contribution in [2.45, 2.75) is 70.8 Å². The van der Waals surface area contributed by atoms with Crippen LogP contribution in [0.4, 0.5) is 0 Å². The number of nitrogens with one attached hydrogen (secondary N) is 1. The lowest BCUT2D eigenvalue weighted by molar-refractivity contribution is 0.257. The number of fused-ring (bicyclic) bond motifs is 2. The van der Waals surface area contributed by atoms with E-state index in [0.29, 0.717) is 0 Å². The number of rotatable bonds is 5. The van der Waals surface area contributed by atoms with Gasteiger partial charge < -0.3 is 5.32 Å². The van der Waals surface area contributed by atoms with Gasteiger partial charge in [0.2, 0.25) is 0 Å². The van der Waals surface area contributed by atoms with Gasteiger partial charge in [-0.15, -0.1) is 0 Å². The summed E-state index contributed by atoms with van der Waals surface area (Å²) in [6.45, 7) is 3.72. The highest BCUT2D eigenvalue weighted by Gasteiger charge is 2.41. The average Bonchev–Trinajstić information content (AvgIpc) is 3.05. The van der Waals surface area contributed by atoms with Gasteiger partial charge in [-0.3, -0.25) is 0 Å². The van der Waals surface area contributed by atoms with Crippen LogP contribution in [-0.2, 0) is 0 Å². The van der Waals surface area contributed by atoms with E-state index in [0.717, 1.165) is 29.7 Å². The van der Waals surface area contributed by atoms with E-state index in [1.165, 1.54) is 57.9 Å². The first-order valence-corrected chi connectivity index (χ1v) is 8.06. The van der Waals surface area contributed by atoms with Gasteiger partial charge in [-0.25, -0.2) is 0 Å². The van der Waals surface area contributed by atoms with Gasteiger partial charge in [0, 0.05) is 6.04 Å². The molecule has 3 saturated carbocycles. The molecular formula is C16H29N. The largest absolute Gasteiger partial charge is 0.314 e. The molecule has 0 aromatic heterocycles. The second-order valence-electron chi connectivity index (χ2n) is 7.02. The first-order valence-electron chi connectivity index (χ1n) is 8.06. The molecule has 2 bridgehead atoms. The minimum atomic E-state index is 0.784. The van der Waals surface area contributed by atoms with Gasteiger partial charge in [0.15, 0.2) is 0 Å². The zero-order valence-corrected chi connectivity index (χ0v) is 11.5. The Morgan fingerprint density at radius 3 is 2.53 bits per heavy atom. The van der Waals surface area contributed by atoms with Crippen molar-refractivity contribution < 1.29 is 0 Å². The van der Waals surface area contributed by atoms with Crippen molar-refractivity contribution in [1.29, 1.82) is 0 Å². The third kappa shape index (κ3) is 2.70. The van der Waals surface area contributed by atoms with Crippen molar-refractivity contribution in [3.63, 3.8) is 0 Å². The van der Waals surface area contributed by atoms with E-state index in [1.807, 2.05) is 0 Å². The van der Waals surface area contributed by atoms with Crippen LogP contribution in [-0.4, -0.2) is 12.6 Å². The first-order chi connectivity index (χ1) is 8.33. The summed E-state index contributed by atoms with van der Waals surface area (Å²) >= 11 is 0. The van der Waals surface area contributed by atoms with E-state index in [9.17, 15) is 0 Å². The highest BCUT2D eigenvalue weighted by atomic mass is 14.9. The fourth-order valence-electron chi connectivity index (χ4n) is 4.87. The Bertz CT molecular complexity index is 244. The predicted molar refractivity (Wildman–Crippen MR) is 73.0 cm³/mol. The van der Waals surface area contributed by atoms with Crippen LogP contribution in [0.1, 0.15) is 64.7 Å². The highest BCUT2D eigenvalue weighted by Crippen LogP contribution is 2.49. The monoisotopic (exact) mass is 235 g/mol. The summed E-state index contributed by atoms with van der Waals surface area (Å²) in [5, 5.41) is 3.84. The average molecular weight is 235 g/mol. The molecule has 0 aliphatic heterocycles. The van der Waals surface area contributed by atoms with Crippen LogP contribution in [0.25, 0.3) is 0 Å². The van der Waals surface area contributed by atoms with Crippen LogP contribution >= 0.6 is 0 Å². The summed E-state index contributed by atoms with van der Waals surface area (Å²) in [5.41, 5.74) is 0. The molecule has 1 nitrogen and oxygen atoms in total. The van der Waals surface area contributed by atoms with Crippen LogP contribution in [0.3, 0.4) is 0 Å². The molecule has 0 spiro atoms. The normalized spacial score (nSPS) is 39.0. The van der Waals surface area contributed by atoms with Crippen molar-refractivity contribution >= 4 is 0 Å². The van der Waals surface area contributed by atoms with Gasteiger partial charge >= 0.3 is 0 Å². The van der Waals surface area contributed by atoms with E-state index in [4.69, 9.17) is 0 Å². The molecule has 3 rings (SSSR count). The maximum Gasteiger partial charge on any atom is 0.00697 e. The highest BCUT2D eigenvalue weighted by molar-refractivity contribution is 4.94. The third-order valence-corrected chi connectivity index (χ3v) is 5.93. The summed E-state index contributed by atoms with van der Waals surface area (Å²) in [5.74, 6) is 4.24. The van der Waals surface area contributed by atoms with Gasteiger partial charge in [-0.1, -0.05) is 32.1 Å². The lowest BCUT2D eigenvalue weighted by Gasteiger charge is -2.29. The second kappa shape index (κ2) is 5.30. The van der Waals surface area contributed by atoms with E-state index in [-0.39, 0.29) is 0 Å². The summed E-state index contributed by atoms with van der Waals surface area (Å²) < 4.78 is 0. The Kier molecular flexibility index (Phi) is 3.75. The quantitative estimate of drug-likeness (QED) is 0.760. The minimum absolute atomic E-state index is 0.784. The SMILES string of the molecule is CC(NCCC1CCCC1)C1CC2CCC1C2. The molecule has 0 amide bonds. The van der Waals surface area contributed by atoms with Crippen LogP contribution in [0.15, 0.2) is 0 Å². The van der Waals surface area contributed by atoms with Gasteiger partial charge in [0.1, 0.15) is 0 Å². The molecule has 0 saturated heterocycles. The van der Waals surface area contributed by atoms with Gasteiger partial charge in [0.05, 0.1) is 0 Å². The van der Waals surface area contributed by atoms with Crippen molar-refractivity contribution in [3.05, 3.63) is 0 Å². The molecule has 3 fully saturated rings. The van der Waals surface area contributed by atoms with Crippen LogP contribution in [0, 0.1) is 23.7 Å². The van der Waals surface area contributed by atoms with Crippen LogP contribution in [0.2, 0.25) is 0 Å². The van der Waals surface area contributed by atoms with Crippen molar-refractivity contribution in [1.82, 2.24) is 5.32 Å².